The average molecular weight is 410 g/mol. The summed E-state index contributed by atoms with van der Waals surface area (Å²) in [6.07, 6.45) is 2.97. The predicted octanol–water partition coefficient (Wildman–Crippen LogP) is 4.03. The largest absolute Gasteiger partial charge is 0.468 e. The second-order valence-corrected chi connectivity index (χ2v) is 8.34. The van der Waals surface area contributed by atoms with Crippen LogP contribution in [0.3, 0.4) is 0 Å². The van der Waals surface area contributed by atoms with Crippen molar-refractivity contribution in [3.8, 4) is 0 Å². The Morgan fingerprint density at radius 1 is 1.03 bits per heavy atom. The van der Waals surface area contributed by atoms with Crippen LogP contribution in [-0.4, -0.2) is 25.2 Å². The summed E-state index contributed by atoms with van der Waals surface area (Å²) in [6.45, 7) is 1.56. The molecule has 0 saturated carbocycles. The molecule has 0 spiro atoms. The molecule has 0 bridgehead atoms. The van der Waals surface area contributed by atoms with Gasteiger partial charge >= 0.3 is 0 Å². The van der Waals surface area contributed by atoms with Gasteiger partial charge in [0.1, 0.15) is 5.76 Å². The summed E-state index contributed by atoms with van der Waals surface area (Å²) in [5.41, 5.74) is 2.42. The Labute approximate surface area is 170 Å². The van der Waals surface area contributed by atoms with Gasteiger partial charge in [0.05, 0.1) is 19.4 Å². The highest BCUT2D eigenvalue weighted by atomic mass is 32.2. The van der Waals surface area contributed by atoms with Gasteiger partial charge in [-0.05, 0) is 42.8 Å². The van der Waals surface area contributed by atoms with E-state index in [0.29, 0.717) is 11.4 Å². The summed E-state index contributed by atoms with van der Waals surface area (Å²) in [6, 6.07) is 19.7. The van der Waals surface area contributed by atoms with Crippen LogP contribution in [0.25, 0.3) is 6.08 Å². The van der Waals surface area contributed by atoms with Gasteiger partial charge in [0.15, 0.2) is 0 Å². The van der Waals surface area contributed by atoms with E-state index in [9.17, 15) is 13.2 Å². The van der Waals surface area contributed by atoms with Gasteiger partial charge in [-0.15, -0.1) is 0 Å². The molecule has 3 aromatic rings. The standard InChI is InChI=1S/C22H22N2O4S/c1-18-9-11-20(12-10-18)23-22(25)17-24(16-21-8-5-14-28-21)29(26,27)15-13-19-6-3-2-4-7-19/h2-15H,16-17H2,1H3,(H,23,25)/b15-13+. The van der Waals surface area contributed by atoms with Gasteiger partial charge in [-0.25, -0.2) is 8.42 Å². The van der Waals surface area contributed by atoms with Crippen LogP contribution in [0.2, 0.25) is 0 Å². The number of anilines is 1. The van der Waals surface area contributed by atoms with Crippen LogP contribution in [0.15, 0.2) is 82.8 Å². The highest BCUT2D eigenvalue weighted by Gasteiger charge is 2.23. The smallest absolute Gasteiger partial charge is 0.239 e. The summed E-state index contributed by atoms with van der Waals surface area (Å²) >= 11 is 0. The number of aryl methyl sites for hydroxylation is 1. The molecule has 3 rings (SSSR count). The number of rotatable bonds is 8. The number of nitrogens with one attached hydrogen (secondary N) is 1. The Hall–Kier alpha value is -3.16. The maximum absolute atomic E-state index is 12.9. The van der Waals surface area contributed by atoms with E-state index in [1.165, 1.54) is 12.3 Å². The Morgan fingerprint density at radius 3 is 2.41 bits per heavy atom. The lowest BCUT2D eigenvalue weighted by molar-refractivity contribution is -0.116. The lowest BCUT2D eigenvalue weighted by Crippen LogP contribution is -2.36. The van der Waals surface area contributed by atoms with Crippen molar-refractivity contribution in [2.45, 2.75) is 13.5 Å². The van der Waals surface area contributed by atoms with Crippen molar-refractivity contribution in [1.29, 1.82) is 0 Å². The molecule has 1 heterocycles. The summed E-state index contributed by atoms with van der Waals surface area (Å²) in [5.74, 6) is 0.0157. The zero-order chi connectivity index (χ0) is 20.7. The number of benzene rings is 2. The van der Waals surface area contributed by atoms with E-state index >= 15 is 0 Å². The normalized spacial score (nSPS) is 11.8. The van der Waals surface area contributed by atoms with Gasteiger partial charge in [-0.3, -0.25) is 4.79 Å². The Bertz CT molecular complexity index is 1060. The van der Waals surface area contributed by atoms with E-state index < -0.39 is 15.9 Å². The second kappa shape index (κ2) is 9.36. The molecule has 0 aliphatic rings. The fourth-order valence-corrected chi connectivity index (χ4v) is 3.73. The quantitative estimate of drug-likeness (QED) is 0.608. The molecular weight excluding hydrogens is 388 g/mol. The first kappa shape index (κ1) is 20.6. The summed E-state index contributed by atoms with van der Waals surface area (Å²) in [4.78, 5) is 12.5. The molecular formula is C22H22N2O4S. The fourth-order valence-electron chi connectivity index (χ4n) is 2.62. The van der Waals surface area contributed by atoms with Crippen molar-refractivity contribution in [3.05, 3.63) is 95.3 Å². The predicted molar refractivity (Wildman–Crippen MR) is 113 cm³/mol. The molecule has 0 unspecified atom stereocenters. The van der Waals surface area contributed by atoms with Crippen molar-refractivity contribution in [1.82, 2.24) is 4.31 Å². The van der Waals surface area contributed by atoms with Crippen LogP contribution in [0.4, 0.5) is 5.69 Å². The number of hydrogen-bond donors (Lipinski definition) is 1. The van der Waals surface area contributed by atoms with Gasteiger partial charge in [0.25, 0.3) is 0 Å². The number of hydrogen-bond acceptors (Lipinski definition) is 4. The van der Waals surface area contributed by atoms with E-state index in [1.54, 1.807) is 36.4 Å². The van der Waals surface area contributed by atoms with Gasteiger partial charge in [0, 0.05) is 11.1 Å². The molecule has 0 radical (unpaired) electrons. The van der Waals surface area contributed by atoms with E-state index in [0.717, 1.165) is 20.8 Å². The first-order valence-corrected chi connectivity index (χ1v) is 10.5. The maximum atomic E-state index is 12.9. The first-order chi connectivity index (χ1) is 13.9. The number of carbonyl (C=O) groups is 1. The molecule has 0 fully saturated rings. The van der Waals surface area contributed by atoms with E-state index in [4.69, 9.17) is 4.42 Å². The molecule has 0 atom stereocenters. The molecule has 29 heavy (non-hydrogen) atoms. The highest BCUT2D eigenvalue weighted by molar-refractivity contribution is 7.92. The van der Waals surface area contributed by atoms with Crippen molar-refractivity contribution < 1.29 is 17.6 Å². The van der Waals surface area contributed by atoms with Crippen molar-refractivity contribution >= 4 is 27.7 Å². The Morgan fingerprint density at radius 2 is 1.76 bits per heavy atom. The second-order valence-electron chi connectivity index (χ2n) is 6.52. The molecule has 6 nitrogen and oxygen atoms in total. The van der Waals surface area contributed by atoms with E-state index in [-0.39, 0.29) is 13.1 Å². The minimum atomic E-state index is -3.86. The number of furan rings is 1. The van der Waals surface area contributed by atoms with Gasteiger partial charge in [0.2, 0.25) is 15.9 Å². The van der Waals surface area contributed by atoms with Crippen molar-refractivity contribution in [3.63, 3.8) is 0 Å². The molecule has 0 aliphatic heterocycles. The number of nitrogens with zero attached hydrogens (tertiary/aromatic N) is 1. The van der Waals surface area contributed by atoms with E-state index in [2.05, 4.69) is 5.32 Å². The molecule has 7 heteroatoms. The number of sulfonamides is 1. The lowest BCUT2D eigenvalue weighted by atomic mass is 10.2. The monoisotopic (exact) mass is 410 g/mol. The third-order valence-electron chi connectivity index (χ3n) is 4.16. The van der Waals surface area contributed by atoms with Crippen LogP contribution in [0.5, 0.6) is 0 Å². The fraction of sp³-hybridized carbons (Fsp3) is 0.136. The zero-order valence-corrected chi connectivity index (χ0v) is 16.8. The molecule has 0 saturated heterocycles. The molecule has 150 valence electrons. The Balaban J connectivity index is 1.77. The van der Waals surface area contributed by atoms with Gasteiger partial charge in [-0.1, -0.05) is 48.0 Å². The van der Waals surface area contributed by atoms with Crippen molar-refractivity contribution in [2.24, 2.45) is 0 Å². The average Bonchev–Trinajstić information content (AvgIpc) is 3.22. The minimum absolute atomic E-state index is 0.0459. The van der Waals surface area contributed by atoms with Crippen molar-refractivity contribution in [2.75, 3.05) is 11.9 Å². The Kier molecular flexibility index (Phi) is 6.64. The molecule has 1 N–H and O–H groups in total. The first-order valence-electron chi connectivity index (χ1n) is 9.04. The van der Waals surface area contributed by atoms with Crippen LogP contribution in [0, 0.1) is 6.92 Å². The van der Waals surface area contributed by atoms with Crippen LogP contribution in [0.1, 0.15) is 16.9 Å². The van der Waals surface area contributed by atoms with Crippen LogP contribution in [-0.2, 0) is 21.4 Å². The number of carbonyl (C=O) groups excluding carboxylic acids is 1. The zero-order valence-electron chi connectivity index (χ0n) is 16.0. The molecule has 1 aromatic heterocycles. The minimum Gasteiger partial charge on any atom is -0.468 e. The molecule has 2 aromatic carbocycles. The molecule has 0 aliphatic carbocycles. The van der Waals surface area contributed by atoms with Crippen LogP contribution < -0.4 is 5.32 Å². The van der Waals surface area contributed by atoms with Crippen LogP contribution >= 0.6 is 0 Å². The molecule has 1 amide bonds. The summed E-state index contributed by atoms with van der Waals surface area (Å²) in [5, 5.41) is 3.83. The summed E-state index contributed by atoms with van der Waals surface area (Å²) < 4.78 is 32.1. The summed E-state index contributed by atoms with van der Waals surface area (Å²) in [7, 11) is -3.86. The topological polar surface area (TPSA) is 79.6 Å². The van der Waals surface area contributed by atoms with Gasteiger partial charge in [-0.2, -0.15) is 4.31 Å². The highest BCUT2D eigenvalue weighted by Crippen LogP contribution is 2.14. The maximum Gasteiger partial charge on any atom is 0.239 e. The lowest BCUT2D eigenvalue weighted by Gasteiger charge is -2.19. The number of amides is 1. The third kappa shape index (κ3) is 6.17. The SMILES string of the molecule is Cc1ccc(NC(=O)CN(Cc2ccco2)S(=O)(=O)/C=C/c2ccccc2)cc1. The van der Waals surface area contributed by atoms with Gasteiger partial charge < -0.3 is 9.73 Å². The third-order valence-corrected chi connectivity index (χ3v) is 5.62. The van der Waals surface area contributed by atoms with E-state index in [1.807, 2.05) is 37.3 Å².